The number of esters is 1. The van der Waals surface area contributed by atoms with Crippen LogP contribution in [-0.2, 0) is 17.7 Å². The van der Waals surface area contributed by atoms with Crippen molar-refractivity contribution < 1.29 is 18.7 Å². The van der Waals surface area contributed by atoms with Gasteiger partial charge in [-0.3, -0.25) is 4.57 Å². The Labute approximate surface area is 193 Å². The van der Waals surface area contributed by atoms with Crippen LogP contribution >= 0.6 is 0 Å². The second-order valence-corrected chi connectivity index (χ2v) is 8.60. The van der Waals surface area contributed by atoms with Crippen molar-refractivity contribution in [1.29, 1.82) is 5.41 Å². The Morgan fingerprint density at radius 3 is 2.52 bits per heavy atom. The number of carbonyl (C=O) groups excluding carboxylic acids is 1. The smallest absolute Gasteiger partial charge is 0.339 e. The number of benzene rings is 2. The summed E-state index contributed by atoms with van der Waals surface area (Å²) in [7, 11) is 0. The maximum Gasteiger partial charge on any atom is 0.339 e. The van der Waals surface area contributed by atoms with Gasteiger partial charge in [-0.05, 0) is 57.4 Å². The van der Waals surface area contributed by atoms with E-state index < -0.39 is 17.4 Å². The lowest BCUT2D eigenvalue weighted by Crippen LogP contribution is -2.24. The number of nitrogens with zero attached hydrogens (tertiary/aromatic N) is 2. The Balaban J connectivity index is 1.97. The summed E-state index contributed by atoms with van der Waals surface area (Å²) in [6.45, 7) is 9.82. The SMILES string of the molecule is CCOc1nc(CC)c(C=N)n1Cc1ccc(-c2ccccc2C(=O)OC(C)(C)C)cc1F. The van der Waals surface area contributed by atoms with Gasteiger partial charge in [-0.2, -0.15) is 4.98 Å². The zero-order chi connectivity index (χ0) is 24.2. The van der Waals surface area contributed by atoms with Crippen LogP contribution in [-0.4, -0.2) is 33.9 Å². The van der Waals surface area contributed by atoms with E-state index in [1.807, 2.05) is 13.8 Å². The zero-order valence-corrected chi connectivity index (χ0v) is 19.7. The number of halogens is 1. The minimum Gasteiger partial charge on any atom is -0.465 e. The molecule has 1 aromatic heterocycles. The van der Waals surface area contributed by atoms with Gasteiger partial charge in [0, 0.05) is 11.8 Å². The highest BCUT2D eigenvalue weighted by Crippen LogP contribution is 2.28. The van der Waals surface area contributed by atoms with Crippen molar-refractivity contribution in [3.8, 4) is 17.1 Å². The first-order chi connectivity index (χ1) is 15.7. The van der Waals surface area contributed by atoms with Crippen molar-refractivity contribution in [3.05, 3.63) is 70.8 Å². The van der Waals surface area contributed by atoms with E-state index in [0.29, 0.717) is 47.0 Å². The zero-order valence-electron chi connectivity index (χ0n) is 19.7. The monoisotopic (exact) mass is 451 g/mol. The van der Waals surface area contributed by atoms with E-state index >= 15 is 4.39 Å². The van der Waals surface area contributed by atoms with Crippen LogP contribution in [0.5, 0.6) is 6.01 Å². The maximum absolute atomic E-state index is 15.2. The van der Waals surface area contributed by atoms with Crippen LogP contribution in [0.4, 0.5) is 4.39 Å². The molecule has 0 unspecified atom stereocenters. The Hall–Kier alpha value is -3.48. The van der Waals surface area contributed by atoms with Gasteiger partial charge in [0.05, 0.1) is 30.1 Å². The van der Waals surface area contributed by atoms with E-state index in [-0.39, 0.29) is 6.54 Å². The highest BCUT2D eigenvalue weighted by atomic mass is 19.1. The fourth-order valence-electron chi connectivity index (χ4n) is 3.56. The summed E-state index contributed by atoms with van der Waals surface area (Å²) >= 11 is 0. The molecule has 3 rings (SSSR count). The number of carbonyl (C=O) groups is 1. The lowest BCUT2D eigenvalue weighted by Gasteiger charge is -2.20. The molecule has 0 radical (unpaired) electrons. The number of hydrogen-bond donors (Lipinski definition) is 1. The molecule has 174 valence electrons. The van der Waals surface area contributed by atoms with Crippen molar-refractivity contribution in [2.24, 2.45) is 0 Å². The van der Waals surface area contributed by atoms with Crippen molar-refractivity contribution in [2.75, 3.05) is 6.61 Å². The van der Waals surface area contributed by atoms with Crippen LogP contribution < -0.4 is 4.74 Å². The van der Waals surface area contributed by atoms with Crippen molar-refractivity contribution in [1.82, 2.24) is 9.55 Å². The molecular weight excluding hydrogens is 421 g/mol. The predicted molar refractivity (Wildman–Crippen MR) is 127 cm³/mol. The molecule has 0 spiro atoms. The second kappa shape index (κ2) is 9.98. The number of aryl methyl sites for hydroxylation is 1. The van der Waals surface area contributed by atoms with Crippen molar-refractivity contribution in [2.45, 2.75) is 53.2 Å². The Morgan fingerprint density at radius 2 is 1.91 bits per heavy atom. The van der Waals surface area contributed by atoms with Crippen molar-refractivity contribution >= 4 is 12.2 Å². The molecule has 0 aliphatic rings. The summed E-state index contributed by atoms with van der Waals surface area (Å²) in [5.41, 5.74) is 2.69. The second-order valence-electron chi connectivity index (χ2n) is 8.60. The summed E-state index contributed by atoms with van der Waals surface area (Å²) in [4.78, 5) is 17.1. The quantitative estimate of drug-likeness (QED) is 0.355. The molecule has 6 nitrogen and oxygen atoms in total. The third-order valence-corrected chi connectivity index (χ3v) is 5.03. The number of hydrogen-bond acceptors (Lipinski definition) is 5. The van der Waals surface area contributed by atoms with E-state index in [9.17, 15) is 4.79 Å². The van der Waals surface area contributed by atoms with Gasteiger partial charge >= 0.3 is 5.97 Å². The summed E-state index contributed by atoms with van der Waals surface area (Å²) in [6, 6.07) is 12.3. The topological polar surface area (TPSA) is 77.2 Å². The number of imidazole rings is 1. The molecule has 0 saturated heterocycles. The lowest BCUT2D eigenvalue weighted by molar-refractivity contribution is 0.00704. The number of rotatable bonds is 8. The number of nitrogens with one attached hydrogen (secondary N) is 1. The van der Waals surface area contributed by atoms with E-state index in [4.69, 9.17) is 14.9 Å². The van der Waals surface area contributed by atoms with Crippen molar-refractivity contribution in [3.63, 3.8) is 0 Å². The Kier molecular flexibility index (Phi) is 7.31. The normalized spacial score (nSPS) is 11.3. The van der Waals surface area contributed by atoms with Crippen LogP contribution in [0, 0.1) is 11.2 Å². The fraction of sp³-hybridized carbons (Fsp3) is 0.346. The van der Waals surface area contributed by atoms with E-state index in [1.165, 1.54) is 12.3 Å². The predicted octanol–water partition coefficient (Wildman–Crippen LogP) is 5.65. The summed E-state index contributed by atoms with van der Waals surface area (Å²) in [6.07, 6.45) is 1.86. The Bertz CT molecular complexity index is 1160. The van der Waals surface area contributed by atoms with Gasteiger partial charge in [0.2, 0.25) is 0 Å². The minimum absolute atomic E-state index is 0.173. The molecule has 1 N–H and O–H groups in total. The molecule has 0 aliphatic heterocycles. The summed E-state index contributed by atoms with van der Waals surface area (Å²) < 4.78 is 28.1. The Morgan fingerprint density at radius 1 is 1.18 bits per heavy atom. The molecule has 2 aromatic carbocycles. The third kappa shape index (κ3) is 5.48. The van der Waals surface area contributed by atoms with Crippen LogP contribution in [0.25, 0.3) is 11.1 Å². The molecular formula is C26H30FN3O3. The first-order valence-corrected chi connectivity index (χ1v) is 11.0. The largest absolute Gasteiger partial charge is 0.465 e. The highest BCUT2D eigenvalue weighted by Gasteiger charge is 2.22. The van der Waals surface area contributed by atoms with Crippen LogP contribution in [0.3, 0.4) is 0 Å². The molecule has 3 aromatic rings. The lowest BCUT2D eigenvalue weighted by atomic mass is 9.98. The maximum atomic E-state index is 15.2. The van der Waals surface area contributed by atoms with Gasteiger partial charge in [-0.25, -0.2) is 9.18 Å². The fourth-order valence-corrected chi connectivity index (χ4v) is 3.56. The van der Waals surface area contributed by atoms with Gasteiger partial charge < -0.3 is 14.9 Å². The molecule has 0 saturated carbocycles. The average molecular weight is 452 g/mol. The third-order valence-electron chi connectivity index (χ3n) is 5.03. The molecule has 0 bridgehead atoms. The molecule has 7 heteroatoms. The minimum atomic E-state index is -0.633. The summed E-state index contributed by atoms with van der Waals surface area (Å²) in [5, 5.41) is 7.79. The highest BCUT2D eigenvalue weighted by molar-refractivity contribution is 5.97. The average Bonchev–Trinajstić information content (AvgIpc) is 3.10. The van der Waals surface area contributed by atoms with Crippen LogP contribution in [0.15, 0.2) is 42.5 Å². The van der Waals surface area contributed by atoms with E-state index in [0.717, 1.165) is 5.69 Å². The van der Waals surface area contributed by atoms with Crippen LogP contribution in [0.2, 0.25) is 0 Å². The van der Waals surface area contributed by atoms with E-state index in [1.54, 1.807) is 61.7 Å². The van der Waals surface area contributed by atoms with Gasteiger partial charge in [-0.15, -0.1) is 0 Å². The first kappa shape index (κ1) is 24.2. The molecule has 0 atom stereocenters. The first-order valence-electron chi connectivity index (χ1n) is 11.0. The molecule has 1 heterocycles. The van der Waals surface area contributed by atoms with Gasteiger partial charge in [-0.1, -0.05) is 37.3 Å². The standard InChI is InChI=1S/C26H30FN3O3/c1-6-22-23(15-28)30(25(29-22)32-7-2)16-18-13-12-17(14-21(18)27)19-10-8-9-11-20(19)24(31)33-26(3,4)5/h8-15,28H,6-7,16H2,1-5H3. The molecule has 0 amide bonds. The molecule has 0 fully saturated rings. The summed E-state index contributed by atoms with van der Waals surface area (Å²) in [5.74, 6) is -0.873. The van der Waals surface area contributed by atoms with Gasteiger partial charge in [0.1, 0.15) is 11.4 Å². The molecule has 0 aliphatic carbocycles. The number of aromatic nitrogens is 2. The van der Waals surface area contributed by atoms with Crippen LogP contribution in [0.1, 0.15) is 61.9 Å². The number of ether oxygens (including phenoxy) is 2. The molecule has 33 heavy (non-hydrogen) atoms. The van der Waals surface area contributed by atoms with E-state index in [2.05, 4.69) is 4.98 Å². The van der Waals surface area contributed by atoms with Gasteiger partial charge in [0.25, 0.3) is 6.01 Å². The van der Waals surface area contributed by atoms with Gasteiger partial charge in [0.15, 0.2) is 0 Å².